The molecule has 1 aliphatic rings. The third-order valence-corrected chi connectivity index (χ3v) is 3.37. The van der Waals surface area contributed by atoms with Crippen molar-refractivity contribution in [2.45, 2.75) is 26.4 Å². The molecule has 2 rings (SSSR count). The van der Waals surface area contributed by atoms with Crippen LogP contribution in [0.4, 0.5) is 0 Å². The highest BCUT2D eigenvalue weighted by atomic mass is 16.5. The lowest BCUT2D eigenvalue weighted by atomic mass is 9.99. The Morgan fingerprint density at radius 2 is 2.11 bits per heavy atom. The van der Waals surface area contributed by atoms with Crippen molar-refractivity contribution < 1.29 is 9.53 Å². The summed E-state index contributed by atoms with van der Waals surface area (Å²) in [5, 5.41) is 0. The van der Waals surface area contributed by atoms with E-state index in [4.69, 9.17) is 4.74 Å². The molecule has 0 bridgehead atoms. The minimum atomic E-state index is -0.0843. The fraction of sp³-hybridized carbons (Fsp3) is 0.533. The maximum atomic E-state index is 12.2. The highest BCUT2D eigenvalue weighted by molar-refractivity contribution is 5.85. The summed E-state index contributed by atoms with van der Waals surface area (Å²) in [5.74, 6) is 0.348. The molecule has 0 spiro atoms. The fourth-order valence-electron chi connectivity index (χ4n) is 2.29. The number of hydrogen-bond donors (Lipinski definition) is 0. The van der Waals surface area contributed by atoms with Crippen LogP contribution in [-0.4, -0.2) is 36.5 Å². The van der Waals surface area contributed by atoms with E-state index < -0.39 is 0 Å². The smallest absolute Gasteiger partial charge is 0.154 e. The van der Waals surface area contributed by atoms with E-state index in [0.29, 0.717) is 13.2 Å². The summed E-state index contributed by atoms with van der Waals surface area (Å²) in [6.07, 6.45) is 0. The normalized spacial score (nSPS) is 21.2. The molecule has 1 unspecified atom stereocenters. The Bertz CT molecular complexity index is 389. The number of morpholine rings is 1. The minimum absolute atomic E-state index is 0.0648. The van der Waals surface area contributed by atoms with Gasteiger partial charge in [0.15, 0.2) is 5.78 Å². The molecule has 0 amide bonds. The van der Waals surface area contributed by atoms with Gasteiger partial charge in [-0.05, 0) is 5.56 Å². The fourth-order valence-corrected chi connectivity index (χ4v) is 2.29. The molecule has 1 fully saturated rings. The molecule has 0 aromatic heterocycles. The van der Waals surface area contributed by atoms with Crippen LogP contribution in [0.15, 0.2) is 30.3 Å². The average Bonchev–Trinajstić information content (AvgIpc) is 2.39. The highest BCUT2D eigenvalue weighted by Gasteiger charge is 2.30. The van der Waals surface area contributed by atoms with Crippen LogP contribution < -0.4 is 0 Å². The standard InChI is InChI=1S/C15H21NO2/c1-12(2)15(17)14-11-18-9-8-16(14)10-13-6-4-3-5-7-13/h3-7,12,14H,8-11H2,1-2H3. The number of rotatable bonds is 4. The van der Waals surface area contributed by atoms with Gasteiger partial charge in [0.05, 0.1) is 19.3 Å². The number of carbonyl (C=O) groups excluding carboxylic acids is 1. The second-order valence-corrected chi connectivity index (χ2v) is 5.10. The first kappa shape index (κ1) is 13.2. The van der Waals surface area contributed by atoms with Crippen molar-refractivity contribution in [3.05, 3.63) is 35.9 Å². The van der Waals surface area contributed by atoms with E-state index in [2.05, 4.69) is 17.0 Å². The van der Waals surface area contributed by atoms with E-state index in [1.54, 1.807) is 0 Å². The lowest BCUT2D eigenvalue weighted by Gasteiger charge is -2.35. The van der Waals surface area contributed by atoms with E-state index in [1.165, 1.54) is 5.56 Å². The van der Waals surface area contributed by atoms with Gasteiger partial charge in [-0.25, -0.2) is 0 Å². The summed E-state index contributed by atoms with van der Waals surface area (Å²) >= 11 is 0. The number of carbonyl (C=O) groups is 1. The third-order valence-electron chi connectivity index (χ3n) is 3.37. The number of ether oxygens (including phenoxy) is 1. The van der Waals surface area contributed by atoms with Crippen LogP contribution in [-0.2, 0) is 16.1 Å². The van der Waals surface area contributed by atoms with Gasteiger partial charge in [0.2, 0.25) is 0 Å². The number of nitrogens with zero attached hydrogens (tertiary/aromatic N) is 1. The zero-order valence-corrected chi connectivity index (χ0v) is 11.1. The Hall–Kier alpha value is -1.19. The molecule has 1 heterocycles. The lowest BCUT2D eigenvalue weighted by molar-refractivity contribution is -0.133. The average molecular weight is 247 g/mol. The van der Waals surface area contributed by atoms with Crippen LogP contribution in [0, 0.1) is 5.92 Å². The van der Waals surface area contributed by atoms with Crippen LogP contribution in [0.25, 0.3) is 0 Å². The predicted octanol–water partition coefficient (Wildman–Crippen LogP) is 2.11. The first-order valence-corrected chi connectivity index (χ1v) is 6.58. The van der Waals surface area contributed by atoms with Crippen molar-refractivity contribution in [2.24, 2.45) is 5.92 Å². The van der Waals surface area contributed by atoms with Crippen molar-refractivity contribution in [1.82, 2.24) is 4.90 Å². The molecule has 1 saturated heterocycles. The van der Waals surface area contributed by atoms with Crippen molar-refractivity contribution in [3.8, 4) is 0 Å². The van der Waals surface area contributed by atoms with Crippen molar-refractivity contribution in [3.63, 3.8) is 0 Å². The minimum Gasteiger partial charge on any atom is -0.378 e. The molecule has 3 heteroatoms. The van der Waals surface area contributed by atoms with Crippen molar-refractivity contribution in [1.29, 1.82) is 0 Å². The predicted molar refractivity (Wildman–Crippen MR) is 71.3 cm³/mol. The maximum absolute atomic E-state index is 12.2. The van der Waals surface area contributed by atoms with Crippen molar-refractivity contribution in [2.75, 3.05) is 19.8 Å². The van der Waals surface area contributed by atoms with Crippen LogP contribution in [0.3, 0.4) is 0 Å². The van der Waals surface area contributed by atoms with E-state index in [0.717, 1.165) is 13.1 Å². The largest absolute Gasteiger partial charge is 0.378 e. The highest BCUT2D eigenvalue weighted by Crippen LogP contribution is 2.15. The van der Waals surface area contributed by atoms with Gasteiger partial charge in [0, 0.05) is 19.0 Å². The van der Waals surface area contributed by atoms with Gasteiger partial charge in [-0.3, -0.25) is 9.69 Å². The molecule has 18 heavy (non-hydrogen) atoms. The second kappa shape index (κ2) is 6.12. The summed E-state index contributed by atoms with van der Waals surface area (Å²) in [4.78, 5) is 14.4. The Balaban J connectivity index is 2.06. The van der Waals surface area contributed by atoms with Gasteiger partial charge in [0.25, 0.3) is 0 Å². The molecule has 0 radical (unpaired) electrons. The van der Waals surface area contributed by atoms with E-state index >= 15 is 0 Å². The first-order chi connectivity index (χ1) is 8.68. The Morgan fingerprint density at radius 3 is 2.78 bits per heavy atom. The number of Topliss-reactive ketones (excluding diaryl/α,β-unsaturated/α-hetero) is 1. The second-order valence-electron chi connectivity index (χ2n) is 5.10. The summed E-state index contributed by atoms with van der Waals surface area (Å²) < 4.78 is 5.46. The van der Waals surface area contributed by atoms with Crippen LogP contribution in [0.1, 0.15) is 19.4 Å². The van der Waals surface area contributed by atoms with Gasteiger partial charge in [-0.2, -0.15) is 0 Å². The lowest BCUT2D eigenvalue weighted by Crippen LogP contribution is -2.50. The van der Waals surface area contributed by atoms with E-state index in [-0.39, 0.29) is 17.7 Å². The quantitative estimate of drug-likeness (QED) is 0.816. The maximum Gasteiger partial charge on any atom is 0.154 e. The molecule has 1 atom stereocenters. The molecular formula is C15H21NO2. The summed E-state index contributed by atoms with van der Waals surface area (Å²) in [7, 11) is 0. The van der Waals surface area contributed by atoms with Gasteiger partial charge in [-0.15, -0.1) is 0 Å². The number of benzene rings is 1. The number of hydrogen-bond acceptors (Lipinski definition) is 3. The molecule has 0 saturated carbocycles. The third kappa shape index (κ3) is 3.18. The monoisotopic (exact) mass is 247 g/mol. The Labute approximate surface area is 109 Å². The SMILES string of the molecule is CC(C)C(=O)C1COCCN1Cc1ccccc1. The van der Waals surface area contributed by atoms with Gasteiger partial charge < -0.3 is 4.74 Å². The first-order valence-electron chi connectivity index (χ1n) is 6.58. The molecule has 1 aromatic rings. The van der Waals surface area contributed by atoms with Crippen LogP contribution >= 0.6 is 0 Å². The topological polar surface area (TPSA) is 29.5 Å². The molecule has 3 nitrogen and oxygen atoms in total. The van der Waals surface area contributed by atoms with E-state index in [1.807, 2.05) is 32.0 Å². The Kier molecular flexibility index (Phi) is 4.50. The Morgan fingerprint density at radius 1 is 1.39 bits per heavy atom. The van der Waals surface area contributed by atoms with Crippen molar-refractivity contribution >= 4 is 5.78 Å². The van der Waals surface area contributed by atoms with Gasteiger partial charge in [0.1, 0.15) is 0 Å². The zero-order chi connectivity index (χ0) is 13.0. The molecule has 98 valence electrons. The zero-order valence-electron chi connectivity index (χ0n) is 11.1. The van der Waals surface area contributed by atoms with Gasteiger partial charge >= 0.3 is 0 Å². The van der Waals surface area contributed by atoms with E-state index in [9.17, 15) is 4.79 Å². The molecule has 0 N–H and O–H groups in total. The van der Waals surface area contributed by atoms with Crippen LogP contribution in [0.2, 0.25) is 0 Å². The molecule has 1 aliphatic heterocycles. The molecule has 0 aliphatic carbocycles. The van der Waals surface area contributed by atoms with Crippen LogP contribution in [0.5, 0.6) is 0 Å². The molecule has 1 aromatic carbocycles. The summed E-state index contributed by atoms with van der Waals surface area (Å²) in [5.41, 5.74) is 1.25. The van der Waals surface area contributed by atoms with Gasteiger partial charge in [-0.1, -0.05) is 44.2 Å². The summed E-state index contributed by atoms with van der Waals surface area (Å²) in [6, 6.07) is 10.2. The number of ketones is 1. The summed E-state index contributed by atoms with van der Waals surface area (Å²) in [6.45, 7) is 6.82. The molecular weight excluding hydrogens is 226 g/mol.